The smallest absolute Gasteiger partial charge is 0.338 e. The van der Waals surface area contributed by atoms with Gasteiger partial charge in [0.05, 0.1) is 18.7 Å². The lowest BCUT2D eigenvalue weighted by Crippen LogP contribution is -2.50. The molecule has 1 aliphatic heterocycles. The Kier molecular flexibility index (Phi) is 5.44. The molecule has 29 heavy (non-hydrogen) atoms. The number of methoxy groups -OCH3 is 1. The van der Waals surface area contributed by atoms with E-state index in [9.17, 15) is 14.8 Å². The first-order valence-electron chi connectivity index (χ1n) is 9.37. The zero-order valence-electron chi connectivity index (χ0n) is 15.9. The number of ether oxygens (including phenoxy) is 1. The zero-order valence-corrected chi connectivity index (χ0v) is 16.7. The lowest BCUT2D eigenvalue weighted by Gasteiger charge is -2.36. The third kappa shape index (κ3) is 3.93. The van der Waals surface area contributed by atoms with Gasteiger partial charge < -0.3 is 15.3 Å². The molecule has 1 atom stereocenters. The summed E-state index contributed by atoms with van der Waals surface area (Å²) in [6.07, 6.45) is 3.20. The number of urea groups is 1. The van der Waals surface area contributed by atoms with Crippen LogP contribution in [0.4, 0.5) is 4.79 Å². The van der Waals surface area contributed by atoms with Gasteiger partial charge in [0.1, 0.15) is 0 Å². The van der Waals surface area contributed by atoms with Crippen molar-refractivity contribution in [2.45, 2.75) is 30.0 Å². The van der Waals surface area contributed by atoms with Crippen LogP contribution < -0.4 is 10.0 Å². The third-order valence-corrected chi connectivity index (χ3v) is 6.00. The Labute approximate surface area is 172 Å². The molecule has 7 nitrogen and oxygen atoms in total. The summed E-state index contributed by atoms with van der Waals surface area (Å²) in [4.78, 5) is 27.4. The van der Waals surface area contributed by atoms with Gasteiger partial charge in [0.25, 0.3) is 5.03 Å². The number of carbonyl (C=O) groups is 2. The second kappa shape index (κ2) is 8.16. The van der Waals surface area contributed by atoms with Crippen molar-refractivity contribution in [3.63, 3.8) is 0 Å². The van der Waals surface area contributed by atoms with E-state index in [4.69, 9.17) is 4.74 Å². The third-order valence-electron chi connectivity index (χ3n) is 4.97. The second-order valence-electron chi connectivity index (χ2n) is 6.90. The Balaban J connectivity index is 1.77. The minimum Gasteiger partial charge on any atom is -0.618 e. The molecule has 2 amide bonds. The van der Waals surface area contributed by atoms with Crippen molar-refractivity contribution in [3.05, 3.63) is 76.8 Å². The molecule has 2 aliphatic rings. The van der Waals surface area contributed by atoms with Crippen LogP contribution in [0.5, 0.6) is 0 Å². The van der Waals surface area contributed by atoms with Crippen molar-refractivity contribution in [3.8, 4) is 0 Å². The predicted octanol–water partition coefficient (Wildman–Crippen LogP) is 2.77. The maximum absolute atomic E-state index is 13.0. The fourth-order valence-corrected chi connectivity index (χ4v) is 4.40. The Morgan fingerprint density at radius 3 is 2.62 bits per heavy atom. The van der Waals surface area contributed by atoms with E-state index >= 15 is 0 Å². The number of nitrogens with one attached hydrogen (secondary N) is 1. The van der Waals surface area contributed by atoms with Gasteiger partial charge in [0, 0.05) is 29.6 Å². The van der Waals surface area contributed by atoms with E-state index < -0.39 is 12.0 Å². The highest BCUT2D eigenvalue weighted by molar-refractivity contribution is 7.99. The summed E-state index contributed by atoms with van der Waals surface area (Å²) >= 11 is 1.30. The normalized spacial score (nSPS) is 19.1. The van der Waals surface area contributed by atoms with Crippen LogP contribution in [0.3, 0.4) is 0 Å². The SMILES string of the molecule is COC(=O)C1=C(CSc2cccc[n+]2[O-])N(C2CC2)C(=O)N[C@@H]1c1ccccc1. The molecule has 1 aromatic carbocycles. The summed E-state index contributed by atoms with van der Waals surface area (Å²) in [6.45, 7) is 0. The fourth-order valence-electron chi connectivity index (χ4n) is 3.46. The standard InChI is InChI=1S/C21H21N3O4S/c1-28-20(25)18-16(13-29-17-9-5-6-12-23(17)27)24(15-10-11-15)21(26)22-19(18)14-7-3-2-4-8-14/h2-9,12,15,19H,10-11,13H2,1H3,(H,22,26)/t19-/m1/s1. The van der Waals surface area contributed by atoms with E-state index in [2.05, 4.69) is 5.32 Å². The van der Waals surface area contributed by atoms with Crippen molar-refractivity contribution < 1.29 is 19.1 Å². The van der Waals surface area contributed by atoms with Crippen LogP contribution in [0.2, 0.25) is 0 Å². The molecule has 4 rings (SSSR count). The van der Waals surface area contributed by atoms with Crippen LogP contribution >= 0.6 is 11.8 Å². The maximum atomic E-state index is 13.0. The predicted molar refractivity (Wildman–Crippen MR) is 108 cm³/mol. The molecule has 1 fully saturated rings. The summed E-state index contributed by atoms with van der Waals surface area (Å²) < 4.78 is 5.86. The minimum absolute atomic E-state index is 0.0668. The Hall–Kier alpha value is -3.00. The summed E-state index contributed by atoms with van der Waals surface area (Å²) in [5.74, 6) is -0.174. The van der Waals surface area contributed by atoms with Gasteiger partial charge in [-0.1, -0.05) is 30.3 Å². The molecule has 150 valence electrons. The van der Waals surface area contributed by atoms with Crippen LogP contribution in [-0.2, 0) is 9.53 Å². The fraction of sp³-hybridized carbons (Fsp3) is 0.286. The summed E-state index contributed by atoms with van der Waals surface area (Å²) in [6, 6.07) is 13.7. The largest absolute Gasteiger partial charge is 0.618 e. The number of amides is 2. The van der Waals surface area contributed by atoms with E-state index in [0.29, 0.717) is 22.0 Å². The molecule has 2 heterocycles. The first kappa shape index (κ1) is 19.3. The zero-order chi connectivity index (χ0) is 20.4. The number of rotatable bonds is 6. The highest BCUT2D eigenvalue weighted by Crippen LogP contribution is 2.39. The van der Waals surface area contributed by atoms with Crippen molar-refractivity contribution in [1.82, 2.24) is 10.2 Å². The summed E-state index contributed by atoms with van der Waals surface area (Å²) in [7, 11) is 1.34. The molecule has 0 spiro atoms. The van der Waals surface area contributed by atoms with Gasteiger partial charge in [-0.2, -0.15) is 4.73 Å². The number of hydrogen-bond acceptors (Lipinski definition) is 5. The van der Waals surface area contributed by atoms with Crippen LogP contribution in [0, 0.1) is 5.21 Å². The number of nitrogens with zero attached hydrogens (tertiary/aromatic N) is 2. The monoisotopic (exact) mass is 411 g/mol. The Bertz CT molecular complexity index is 959. The van der Waals surface area contributed by atoms with E-state index in [1.54, 1.807) is 23.1 Å². The number of hydrogen-bond donors (Lipinski definition) is 1. The van der Waals surface area contributed by atoms with E-state index in [1.165, 1.54) is 25.1 Å². The number of aromatic nitrogens is 1. The van der Waals surface area contributed by atoms with Crippen molar-refractivity contribution in [2.24, 2.45) is 0 Å². The molecule has 0 bridgehead atoms. The van der Waals surface area contributed by atoms with Crippen molar-refractivity contribution in [2.75, 3.05) is 12.9 Å². The van der Waals surface area contributed by atoms with E-state index in [0.717, 1.165) is 23.1 Å². The summed E-state index contributed by atoms with van der Waals surface area (Å²) in [5, 5.41) is 15.5. The minimum atomic E-state index is -0.600. The van der Waals surface area contributed by atoms with Crippen LogP contribution in [0.25, 0.3) is 0 Å². The molecule has 0 radical (unpaired) electrons. The van der Waals surface area contributed by atoms with Gasteiger partial charge in [0.15, 0.2) is 6.20 Å². The number of esters is 1. The molecule has 1 aromatic heterocycles. The Morgan fingerprint density at radius 2 is 1.97 bits per heavy atom. The molecule has 2 aromatic rings. The van der Waals surface area contributed by atoms with Gasteiger partial charge in [-0.3, -0.25) is 4.90 Å². The maximum Gasteiger partial charge on any atom is 0.338 e. The Morgan fingerprint density at radius 1 is 1.24 bits per heavy atom. The summed E-state index contributed by atoms with van der Waals surface area (Å²) in [5.41, 5.74) is 1.81. The van der Waals surface area contributed by atoms with E-state index in [1.807, 2.05) is 30.3 Å². The van der Waals surface area contributed by atoms with Gasteiger partial charge in [-0.05, 0) is 36.2 Å². The molecular formula is C21H21N3O4S. The molecule has 1 saturated carbocycles. The number of benzene rings is 1. The second-order valence-corrected chi connectivity index (χ2v) is 7.90. The van der Waals surface area contributed by atoms with Crippen LogP contribution in [-0.4, -0.2) is 35.8 Å². The average Bonchev–Trinajstić information content (AvgIpc) is 3.57. The number of pyridine rings is 1. The lowest BCUT2D eigenvalue weighted by atomic mass is 9.95. The van der Waals surface area contributed by atoms with E-state index in [-0.39, 0.29) is 12.1 Å². The number of carbonyl (C=O) groups excluding carboxylic acids is 2. The van der Waals surface area contributed by atoms with Gasteiger partial charge in [0.2, 0.25) is 0 Å². The first-order valence-corrected chi connectivity index (χ1v) is 10.4. The quantitative estimate of drug-likeness (QED) is 0.342. The van der Waals surface area contributed by atoms with Gasteiger partial charge in [-0.15, -0.1) is 0 Å². The van der Waals surface area contributed by atoms with Gasteiger partial charge in [-0.25, -0.2) is 9.59 Å². The van der Waals surface area contributed by atoms with Crippen molar-refractivity contribution in [1.29, 1.82) is 0 Å². The highest BCUT2D eigenvalue weighted by Gasteiger charge is 2.44. The number of thioether (sulfide) groups is 1. The average molecular weight is 411 g/mol. The van der Waals surface area contributed by atoms with Crippen LogP contribution in [0.15, 0.2) is 71.0 Å². The molecule has 0 saturated heterocycles. The first-order chi connectivity index (χ1) is 14.1. The lowest BCUT2D eigenvalue weighted by molar-refractivity contribution is -0.645. The molecule has 8 heteroatoms. The van der Waals surface area contributed by atoms with Crippen molar-refractivity contribution >= 4 is 23.8 Å². The van der Waals surface area contributed by atoms with Gasteiger partial charge >= 0.3 is 12.0 Å². The molecule has 1 aliphatic carbocycles. The molecule has 1 N–H and O–H groups in total. The molecular weight excluding hydrogens is 390 g/mol. The molecule has 0 unspecified atom stereocenters. The topological polar surface area (TPSA) is 85.6 Å². The van der Waals surface area contributed by atoms with Crippen LogP contribution in [0.1, 0.15) is 24.4 Å². The highest BCUT2D eigenvalue weighted by atomic mass is 32.2.